The number of nitrogens with two attached hydrogens (primary N) is 1. The summed E-state index contributed by atoms with van der Waals surface area (Å²) in [7, 11) is 0. The predicted molar refractivity (Wildman–Crippen MR) is 81.9 cm³/mol. The lowest BCUT2D eigenvalue weighted by Crippen LogP contribution is -2.24. The van der Waals surface area contributed by atoms with Crippen molar-refractivity contribution >= 4 is 22.6 Å². The zero-order valence-electron chi connectivity index (χ0n) is 11.3. The molecule has 1 aliphatic heterocycles. The van der Waals surface area contributed by atoms with Crippen molar-refractivity contribution in [1.82, 2.24) is 14.9 Å². The van der Waals surface area contributed by atoms with Gasteiger partial charge >= 0.3 is 0 Å². The summed E-state index contributed by atoms with van der Waals surface area (Å²) < 4.78 is 2.11. The molecule has 2 heterocycles. The second-order valence-corrected chi connectivity index (χ2v) is 5.14. The molecule has 0 spiro atoms. The van der Waals surface area contributed by atoms with Crippen molar-refractivity contribution < 1.29 is 4.79 Å². The maximum absolute atomic E-state index is 12.1. The zero-order chi connectivity index (χ0) is 14.4. The van der Waals surface area contributed by atoms with Crippen LogP contribution in [0.2, 0.25) is 0 Å². The molecular weight excluding hydrogens is 264 g/mol. The first-order valence-electron chi connectivity index (χ1n) is 6.87. The molecule has 5 heteroatoms. The van der Waals surface area contributed by atoms with Crippen LogP contribution in [-0.2, 0) is 6.54 Å². The van der Waals surface area contributed by atoms with E-state index in [0.29, 0.717) is 18.7 Å². The molecule has 0 bridgehead atoms. The van der Waals surface area contributed by atoms with E-state index in [-0.39, 0.29) is 5.91 Å². The van der Waals surface area contributed by atoms with Crippen LogP contribution in [0.25, 0.3) is 22.4 Å². The maximum Gasteiger partial charge on any atom is 0.253 e. The van der Waals surface area contributed by atoms with E-state index in [1.54, 1.807) is 0 Å². The molecule has 0 saturated heterocycles. The summed E-state index contributed by atoms with van der Waals surface area (Å²) in [4.78, 5) is 16.8. The molecule has 5 nitrogen and oxygen atoms in total. The molecule has 3 aromatic rings. The van der Waals surface area contributed by atoms with Crippen LogP contribution in [0.5, 0.6) is 0 Å². The first-order valence-corrected chi connectivity index (χ1v) is 6.87. The van der Waals surface area contributed by atoms with Crippen LogP contribution in [0.1, 0.15) is 10.4 Å². The Morgan fingerprint density at radius 3 is 2.76 bits per heavy atom. The Bertz CT molecular complexity index is 849. The topological polar surface area (TPSA) is 72.9 Å². The molecule has 1 aromatic heterocycles. The average molecular weight is 278 g/mol. The fourth-order valence-electron chi connectivity index (χ4n) is 2.82. The average Bonchev–Trinajstić information content (AvgIpc) is 2.77. The van der Waals surface area contributed by atoms with Gasteiger partial charge in [-0.1, -0.05) is 6.07 Å². The lowest BCUT2D eigenvalue weighted by molar-refractivity contribution is 0.0956. The summed E-state index contributed by atoms with van der Waals surface area (Å²) in [5.41, 5.74) is 9.90. The number of amides is 1. The molecule has 0 saturated carbocycles. The van der Waals surface area contributed by atoms with Crippen molar-refractivity contribution in [2.45, 2.75) is 6.54 Å². The molecular formula is C16H14N4O. The smallest absolute Gasteiger partial charge is 0.253 e. The molecule has 2 aromatic carbocycles. The highest BCUT2D eigenvalue weighted by molar-refractivity contribution is 6.06. The summed E-state index contributed by atoms with van der Waals surface area (Å²) in [6, 6.07) is 13.3. The van der Waals surface area contributed by atoms with Gasteiger partial charge in [0.05, 0.1) is 16.6 Å². The van der Waals surface area contributed by atoms with Gasteiger partial charge in [-0.3, -0.25) is 4.79 Å². The summed E-state index contributed by atoms with van der Waals surface area (Å²) in [6.45, 7) is 1.31. The molecule has 0 atom stereocenters. The van der Waals surface area contributed by atoms with Gasteiger partial charge in [0.25, 0.3) is 5.91 Å². The highest BCUT2D eigenvalue weighted by Gasteiger charge is 2.21. The number of nitrogens with zero attached hydrogens (tertiary/aromatic N) is 2. The van der Waals surface area contributed by atoms with Crippen molar-refractivity contribution in [3.63, 3.8) is 0 Å². The SMILES string of the molecule is Nc1ccc(-c2nc3cccc4c3n2CCNC4=O)cc1. The van der Waals surface area contributed by atoms with Crippen LogP contribution in [0.3, 0.4) is 0 Å². The molecule has 0 fully saturated rings. The van der Waals surface area contributed by atoms with E-state index < -0.39 is 0 Å². The molecule has 21 heavy (non-hydrogen) atoms. The second-order valence-electron chi connectivity index (χ2n) is 5.14. The van der Waals surface area contributed by atoms with Gasteiger partial charge < -0.3 is 15.6 Å². The number of nitrogen functional groups attached to an aromatic ring is 1. The number of anilines is 1. The standard InChI is InChI=1S/C16H14N4O/c17-11-6-4-10(5-7-11)15-19-13-3-1-2-12-14(13)20(15)9-8-18-16(12)21/h1-7H,8-9,17H2,(H,18,21). The predicted octanol–water partition coefficient (Wildman–Crippen LogP) is 2.03. The number of para-hydroxylation sites is 1. The van der Waals surface area contributed by atoms with Gasteiger partial charge in [-0.15, -0.1) is 0 Å². The highest BCUT2D eigenvalue weighted by atomic mass is 16.1. The summed E-state index contributed by atoms with van der Waals surface area (Å²) in [5.74, 6) is 0.831. The minimum absolute atomic E-state index is 0.0388. The minimum Gasteiger partial charge on any atom is -0.399 e. The fraction of sp³-hybridized carbons (Fsp3) is 0.125. The van der Waals surface area contributed by atoms with Gasteiger partial charge in [0, 0.05) is 24.3 Å². The van der Waals surface area contributed by atoms with Gasteiger partial charge in [0.2, 0.25) is 0 Å². The fourth-order valence-corrected chi connectivity index (χ4v) is 2.82. The molecule has 4 rings (SSSR count). The number of aromatic nitrogens is 2. The third-order valence-corrected chi connectivity index (χ3v) is 3.80. The third kappa shape index (κ3) is 1.78. The molecule has 0 radical (unpaired) electrons. The molecule has 0 aliphatic carbocycles. The Morgan fingerprint density at radius 2 is 1.95 bits per heavy atom. The van der Waals surface area contributed by atoms with Gasteiger partial charge in [-0.25, -0.2) is 4.98 Å². The van der Waals surface area contributed by atoms with Crippen molar-refractivity contribution in [3.05, 3.63) is 48.0 Å². The van der Waals surface area contributed by atoms with Gasteiger partial charge in [0.15, 0.2) is 0 Å². The van der Waals surface area contributed by atoms with E-state index in [9.17, 15) is 4.79 Å². The highest BCUT2D eigenvalue weighted by Crippen LogP contribution is 2.28. The van der Waals surface area contributed by atoms with E-state index in [2.05, 4.69) is 9.88 Å². The van der Waals surface area contributed by atoms with E-state index in [1.807, 2.05) is 42.5 Å². The summed E-state index contributed by atoms with van der Waals surface area (Å²) >= 11 is 0. The van der Waals surface area contributed by atoms with E-state index in [1.165, 1.54) is 0 Å². The number of rotatable bonds is 1. The number of benzene rings is 2. The first kappa shape index (κ1) is 12.0. The molecule has 3 N–H and O–H groups in total. The molecule has 104 valence electrons. The largest absolute Gasteiger partial charge is 0.399 e. The Hall–Kier alpha value is -2.82. The lowest BCUT2D eigenvalue weighted by atomic mass is 10.1. The minimum atomic E-state index is -0.0388. The molecule has 1 amide bonds. The number of carbonyl (C=O) groups is 1. The molecule has 1 aliphatic rings. The normalized spacial score (nSPS) is 14.0. The number of hydrogen-bond acceptors (Lipinski definition) is 3. The number of imidazole rings is 1. The second kappa shape index (κ2) is 4.34. The number of hydrogen-bond donors (Lipinski definition) is 2. The van der Waals surface area contributed by atoms with Crippen LogP contribution >= 0.6 is 0 Å². The van der Waals surface area contributed by atoms with E-state index >= 15 is 0 Å². The maximum atomic E-state index is 12.1. The van der Waals surface area contributed by atoms with Crippen LogP contribution in [0, 0.1) is 0 Å². The van der Waals surface area contributed by atoms with Crippen molar-refractivity contribution in [2.24, 2.45) is 0 Å². The number of nitrogens with one attached hydrogen (secondary N) is 1. The van der Waals surface area contributed by atoms with Gasteiger partial charge in [-0.2, -0.15) is 0 Å². The summed E-state index contributed by atoms with van der Waals surface area (Å²) in [6.07, 6.45) is 0. The van der Waals surface area contributed by atoms with Crippen LogP contribution in [0.15, 0.2) is 42.5 Å². The Morgan fingerprint density at radius 1 is 1.14 bits per heavy atom. The lowest BCUT2D eigenvalue weighted by Gasteiger charge is -2.07. The number of carbonyl (C=O) groups excluding carboxylic acids is 1. The quantitative estimate of drug-likeness (QED) is 0.669. The van der Waals surface area contributed by atoms with Crippen LogP contribution in [0.4, 0.5) is 5.69 Å². The molecule has 0 unspecified atom stereocenters. The van der Waals surface area contributed by atoms with Crippen molar-refractivity contribution in [3.8, 4) is 11.4 Å². The zero-order valence-corrected chi connectivity index (χ0v) is 11.3. The van der Waals surface area contributed by atoms with E-state index in [0.717, 1.165) is 28.1 Å². The van der Waals surface area contributed by atoms with Crippen molar-refractivity contribution in [1.29, 1.82) is 0 Å². The third-order valence-electron chi connectivity index (χ3n) is 3.80. The van der Waals surface area contributed by atoms with Crippen LogP contribution < -0.4 is 11.1 Å². The van der Waals surface area contributed by atoms with Gasteiger partial charge in [-0.05, 0) is 36.4 Å². The monoisotopic (exact) mass is 278 g/mol. The van der Waals surface area contributed by atoms with E-state index in [4.69, 9.17) is 10.7 Å². The Kier molecular flexibility index (Phi) is 2.47. The van der Waals surface area contributed by atoms with Crippen LogP contribution in [-0.4, -0.2) is 22.0 Å². The summed E-state index contributed by atoms with van der Waals surface area (Å²) in [5, 5.41) is 2.92. The first-order chi connectivity index (χ1) is 10.2. The van der Waals surface area contributed by atoms with Crippen molar-refractivity contribution in [2.75, 3.05) is 12.3 Å². The Balaban J connectivity index is 2.02. The Labute approximate surface area is 121 Å². The van der Waals surface area contributed by atoms with Gasteiger partial charge in [0.1, 0.15) is 5.82 Å².